The van der Waals surface area contributed by atoms with Crippen LogP contribution in [-0.2, 0) is 14.3 Å². The van der Waals surface area contributed by atoms with Crippen molar-refractivity contribution >= 4 is 11.9 Å². The van der Waals surface area contributed by atoms with Gasteiger partial charge in [-0.25, -0.2) is 4.79 Å². The second kappa shape index (κ2) is 3.92. The fourth-order valence-electron chi connectivity index (χ4n) is 1.60. The van der Waals surface area contributed by atoms with Crippen LogP contribution >= 0.6 is 0 Å². The SMILES string of the molecule is O=C(NC(C(=O)O)C1CC1)C1=COCC1. The number of aliphatic carboxylic acids is 1. The molecule has 0 aromatic carbocycles. The standard InChI is InChI=1S/C10H13NO4/c12-9(7-3-4-15-5-7)11-8(10(13)14)6-1-2-6/h5-6,8H,1-4H2,(H,11,12)(H,13,14). The number of carboxylic acid groups (broad SMARTS) is 1. The molecule has 5 heteroatoms. The molecule has 0 aromatic rings. The summed E-state index contributed by atoms with van der Waals surface area (Å²) in [4.78, 5) is 22.4. The predicted molar refractivity (Wildman–Crippen MR) is 50.9 cm³/mol. The predicted octanol–water partition coefficient (Wildman–Crippen LogP) is 0.270. The summed E-state index contributed by atoms with van der Waals surface area (Å²) in [6.45, 7) is 0.504. The maximum absolute atomic E-state index is 11.6. The first-order valence-corrected chi connectivity index (χ1v) is 5.03. The Hall–Kier alpha value is -1.52. The fourth-order valence-corrected chi connectivity index (χ4v) is 1.60. The van der Waals surface area contributed by atoms with Gasteiger partial charge in [-0.2, -0.15) is 0 Å². The highest BCUT2D eigenvalue weighted by molar-refractivity contribution is 5.96. The van der Waals surface area contributed by atoms with Gasteiger partial charge in [-0.3, -0.25) is 4.79 Å². The van der Waals surface area contributed by atoms with Crippen LogP contribution in [0.3, 0.4) is 0 Å². The number of nitrogens with one attached hydrogen (secondary N) is 1. The summed E-state index contributed by atoms with van der Waals surface area (Å²) >= 11 is 0. The lowest BCUT2D eigenvalue weighted by Gasteiger charge is -2.13. The molecule has 1 fully saturated rings. The van der Waals surface area contributed by atoms with E-state index >= 15 is 0 Å². The van der Waals surface area contributed by atoms with E-state index < -0.39 is 12.0 Å². The van der Waals surface area contributed by atoms with Crippen molar-refractivity contribution in [1.82, 2.24) is 5.32 Å². The minimum Gasteiger partial charge on any atom is -0.500 e. The maximum atomic E-state index is 11.6. The van der Waals surface area contributed by atoms with Crippen LogP contribution in [0.15, 0.2) is 11.8 Å². The van der Waals surface area contributed by atoms with E-state index in [1.54, 1.807) is 0 Å². The summed E-state index contributed by atoms with van der Waals surface area (Å²) < 4.78 is 4.93. The first-order chi connectivity index (χ1) is 7.18. The average molecular weight is 211 g/mol. The Labute approximate surface area is 87.1 Å². The molecular formula is C10H13NO4. The Morgan fingerprint density at radius 1 is 1.53 bits per heavy atom. The molecule has 5 nitrogen and oxygen atoms in total. The molecule has 15 heavy (non-hydrogen) atoms. The van der Waals surface area contributed by atoms with Crippen LogP contribution in [0, 0.1) is 5.92 Å². The van der Waals surface area contributed by atoms with Crippen molar-refractivity contribution in [1.29, 1.82) is 0 Å². The molecule has 1 aliphatic carbocycles. The number of rotatable bonds is 4. The minimum atomic E-state index is -0.953. The van der Waals surface area contributed by atoms with E-state index in [-0.39, 0.29) is 11.8 Å². The Balaban J connectivity index is 1.93. The van der Waals surface area contributed by atoms with E-state index in [1.807, 2.05) is 0 Å². The van der Waals surface area contributed by atoms with Crippen molar-refractivity contribution in [2.75, 3.05) is 6.61 Å². The fraction of sp³-hybridized carbons (Fsp3) is 0.600. The van der Waals surface area contributed by atoms with Crippen molar-refractivity contribution in [3.63, 3.8) is 0 Å². The summed E-state index contributed by atoms with van der Waals surface area (Å²) in [5.74, 6) is -1.16. The van der Waals surface area contributed by atoms with Crippen LogP contribution in [-0.4, -0.2) is 29.6 Å². The molecule has 1 unspecified atom stereocenters. The topological polar surface area (TPSA) is 75.6 Å². The molecule has 2 aliphatic rings. The highest BCUT2D eigenvalue weighted by atomic mass is 16.5. The molecule has 0 saturated heterocycles. The van der Waals surface area contributed by atoms with Gasteiger partial charge < -0.3 is 15.2 Å². The zero-order chi connectivity index (χ0) is 10.8. The maximum Gasteiger partial charge on any atom is 0.326 e. The first-order valence-electron chi connectivity index (χ1n) is 5.03. The molecule has 0 spiro atoms. The van der Waals surface area contributed by atoms with Crippen molar-refractivity contribution in [3.05, 3.63) is 11.8 Å². The third-order valence-corrected chi connectivity index (χ3v) is 2.65. The van der Waals surface area contributed by atoms with Gasteiger partial charge in [0.2, 0.25) is 0 Å². The summed E-state index contributed by atoms with van der Waals surface area (Å²) in [5.41, 5.74) is 0.530. The molecule has 1 aliphatic heterocycles. The van der Waals surface area contributed by atoms with Gasteiger partial charge in [-0.1, -0.05) is 0 Å². The molecule has 1 saturated carbocycles. The number of amides is 1. The molecular weight excluding hydrogens is 198 g/mol. The second-order valence-corrected chi connectivity index (χ2v) is 3.89. The lowest BCUT2D eigenvalue weighted by Crippen LogP contribution is -2.42. The molecule has 0 aromatic heterocycles. The summed E-state index contributed by atoms with van der Waals surface area (Å²) in [6.07, 6.45) is 3.73. The third kappa shape index (κ3) is 2.29. The van der Waals surface area contributed by atoms with Crippen molar-refractivity contribution in [2.24, 2.45) is 5.92 Å². The molecule has 1 amide bonds. The molecule has 1 atom stereocenters. The Bertz CT molecular complexity index is 319. The Kier molecular flexibility index (Phi) is 2.62. The largest absolute Gasteiger partial charge is 0.500 e. The minimum absolute atomic E-state index is 0.106. The van der Waals surface area contributed by atoms with Crippen LogP contribution in [0.1, 0.15) is 19.3 Å². The van der Waals surface area contributed by atoms with Crippen LogP contribution in [0.2, 0.25) is 0 Å². The second-order valence-electron chi connectivity index (χ2n) is 3.89. The lowest BCUT2D eigenvalue weighted by atomic mass is 10.1. The summed E-state index contributed by atoms with van der Waals surface area (Å²) in [5, 5.41) is 11.4. The molecule has 2 rings (SSSR count). The molecule has 2 N–H and O–H groups in total. The normalized spacial score (nSPS) is 21.5. The van der Waals surface area contributed by atoms with E-state index in [0.717, 1.165) is 12.8 Å². The number of carboxylic acids is 1. The highest BCUT2D eigenvalue weighted by Gasteiger charge is 2.37. The van der Waals surface area contributed by atoms with Crippen LogP contribution in [0.5, 0.6) is 0 Å². The van der Waals surface area contributed by atoms with Gasteiger partial charge in [-0.15, -0.1) is 0 Å². The summed E-state index contributed by atoms with van der Waals surface area (Å²) in [6, 6.07) is -0.737. The monoisotopic (exact) mass is 211 g/mol. The van der Waals surface area contributed by atoms with Gasteiger partial charge in [0, 0.05) is 6.42 Å². The average Bonchev–Trinajstić information content (AvgIpc) is 2.87. The van der Waals surface area contributed by atoms with Gasteiger partial charge in [0.15, 0.2) is 0 Å². The molecule has 0 radical (unpaired) electrons. The van der Waals surface area contributed by atoms with Gasteiger partial charge >= 0.3 is 5.97 Å². The van der Waals surface area contributed by atoms with E-state index in [1.165, 1.54) is 6.26 Å². The molecule has 1 heterocycles. The smallest absolute Gasteiger partial charge is 0.326 e. The van der Waals surface area contributed by atoms with Gasteiger partial charge in [0.1, 0.15) is 6.04 Å². The summed E-state index contributed by atoms with van der Waals surface area (Å²) in [7, 11) is 0. The van der Waals surface area contributed by atoms with Crippen molar-refractivity contribution in [3.8, 4) is 0 Å². The van der Waals surface area contributed by atoms with E-state index in [4.69, 9.17) is 9.84 Å². The first kappa shape index (κ1) is 10.0. The number of hydrogen-bond acceptors (Lipinski definition) is 3. The van der Waals surface area contributed by atoms with Crippen LogP contribution in [0.25, 0.3) is 0 Å². The van der Waals surface area contributed by atoms with Gasteiger partial charge in [-0.05, 0) is 18.8 Å². The number of ether oxygens (including phenoxy) is 1. The van der Waals surface area contributed by atoms with Gasteiger partial charge in [0.05, 0.1) is 18.4 Å². The molecule has 0 bridgehead atoms. The van der Waals surface area contributed by atoms with E-state index in [9.17, 15) is 9.59 Å². The van der Waals surface area contributed by atoms with Crippen LogP contribution < -0.4 is 5.32 Å². The Morgan fingerprint density at radius 3 is 2.73 bits per heavy atom. The highest BCUT2D eigenvalue weighted by Crippen LogP contribution is 2.33. The van der Waals surface area contributed by atoms with E-state index in [0.29, 0.717) is 18.6 Å². The quantitative estimate of drug-likeness (QED) is 0.699. The number of carbonyl (C=O) groups is 2. The lowest BCUT2D eigenvalue weighted by molar-refractivity contribution is -0.141. The Morgan fingerprint density at radius 2 is 2.27 bits per heavy atom. The number of hydrogen-bond donors (Lipinski definition) is 2. The van der Waals surface area contributed by atoms with Crippen molar-refractivity contribution < 1.29 is 19.4 Å². The third-order valence-electron chi connectivity index (χ3n) is 2.65. The molecule has 82 valence electrons. The number of carbonyl (C=O) groups excluding carboxylic acids is 1. The zero-order valence-corrected chi connectivity index (χ0v) is 8.23. The zero-order valence-electron chi connectivity index (χ0n) is 8.23. The van der Waals surface area contributed by atoms with Gasteiger partial charge in [0.25, 0.3) is 5.91 Å². The van der Waals surface area contributed by atoms with E-state index in [2.05, 4.69) is 5.32 Å². The van der Waals surface area contributed by atoms with Crippen LogP contribution in [0.4, 0.5) is 0 Å². The van der Waals surface area contributed by atoms with Crippen molar-refractivity contribution in [2.45, 2.75) is 25.3 Å².